The van der Waals surface area contributed by atoms with Crippen molar-refractivity contribution in [3.8, 4) is 0 Å². The molecule has 0 radical (unpaired) electrons. The van der Waals surface area contributed by atoms with Crippen LogP contribution in [0.2, 0.25) is 0 Å². The van der Waals surface area contributed by atoms with Gasteiger partial charge in [0.15, 0.2) is 0 Å². The highest BCUT2D eigenvalue weighted by atomic mass is 16.1. The molecule has 0 saturated heterocycles. The molecule has 0 aromatic rings. The monoisotopic (exact) mass is 249 g/mol. The number of fused-ring (bicyclic) bond motifs is 1. The molecule has 2 unspecified atom stereocenters. The van der Waals surface area contributed by atoms with Crippen LogP contribution in [0.25, 0.3) is 0 Å². The van der Waals surface area contributed by atoms with E-state index >= 15 is 0 Å². The number of hydrogen-bond acceptors (Lipinski definition) is 2. The molecule has 0 aliphatic heterocycles. The van der Waals surface area contributed by atoms with Crippen molar-refractivity contribution < 1.29 is 4.79 Å². The van der Waals surface area contributed by atoms with E-state index in [1.165, 1.54) is 12.8 Å². The summed E-state index contributed by atoms with van der Waals surface area (Å²) in [5.74, 6) is 1.54. The van der Waals surface area contributed by atoms with Gasteiger partial charge in [0.25, 0.3) is 0 Å². The van der Waals surface area contributed by atoms with E-state index in [9.17, 15) is 4.79 Å². The highest BCUT2D eigenvalue weighted by Crippen LogP contribution is 2.74. The smallest absolute Gasteiger partial charge is 0.137 e. The predicted octanol–water partition coefficient (Wildman–Crippen LogP) is 3.02. The van der Waals surface area contributed by atoms with E-state index in [4.69, 9.17) is 0 Å². The summed E-state index contributed by atoms with van der Waals surface area (Å²) in [7, 11) is 2.09. The van der Waals surface area contributed by atoms with Crippen LogP contribution in [-0.2, 0) is 4.79 Å². The fourth-order valence-electron chi connectivity index (χ4n) is 5.89. The van der Waals surface area contributed by atoms with E-state index in [0.29, 0.717) is 29.1 Å². The molecule has 0 amide bonds. The van der Waals surface area contributed by atoms with Crippen LogP contribution in [0.3, 0.4) is 0 Å². The molecule has 2 bridgehead atoms. The van der Waals surface area contributed by atoms with Crippen molar-refractivity contribution in [2.45, 2.75) is 59.4 Å². The summed E-state index contributed by atoms with van der Waals surface area (Å²) in [5.41, 5.74) is 0.772. The molecule has 2 heteroatoms. The normalized spacial score (nSPS) is 48.3. The maximum Gasteiger partial charge on any atom is 0.137 e. The van der Waals surface area contributed by atoms with Crippen molar-refractivity contribution >= 4 is 5.78 Å². The minimum Gasteiger partial charge on any atom is -0.317 e. The van der Waals surface area contributed by atoms with Crippen LogP contribution in [0, 0.1) is 28.1 Å². The van der Waals surface area contributed by atoms with Gasteiger partial charge in [-0.3, -0.25) is 4.79 Å². The molecule has 18 heavy (non-hydrogen) atoms. The average Bonchev–Trinajstić information content (AvgIpc) is 2.76. The lowest BCUT2D eigenvalue weighted by Crippen LogP contribution is -2.56. The number of ketones is 1. The molecular weight excluding hydrogens is 222 g/mol. The maximum atomic E-state index is 12.5. The molecule has 3 saturated carbocycles. The summed E-state index contributed by atoms with van der Waals surface area (Å²) in [6.45, 7) is 9.49. The molecule has 0 aromatic heterocycles. The van der Waals surface area contributed by atoms with Crippen molar-refractivity contribution in [1.29, 1.82) is 0 Å². The van der Waals surface area contributed by atoms with Crippen molar-refractivity contribution in [3.63, 3.8) is 0 Å². The van der Waals surface area contributed by atoms with Crippen LogP contribution in [-0.4, -0.2) is 18.9 Å². The molecule has 102 valence electrons. The molecule has 3 rings (SSSR count). The first-order chi connectivity index (χ1) is 8.26. The van der Waals surface area contributed by atoms with Crippen molar-refractivity contribution in [1.82, 2.24) is 5.32 Å². The lowest BCUT2D eigenvalue weighted by Gasteiger charge is -2.56. The van der Waals surface area contributed by atoms with Crippen LogP contribution >= 0.6 is 0 Å². The Kier molecular flexibility index (Phi) is 2.38. The van der Waals surface area contributed by atoms with Crippen molar-refractivity contribution in [2.24, 2.45) is 28.1 Å². The van der Waals surface area contributed by atoms with E-state index in [-0.39, 0.29) is 10.8 Å². The van der Waals surface area contributed by atoms with Gasteiger partial charge in [-0.15, -0.1) is 0 Å². The third-order valence-electron chi connectivity index (χ3n) is 6.94. The molecule has 1 spiro atoms. The van der Waals surface area contributed by atoms with Gasteiger partial charge in [-0.1, -0.05) is 27.7 Å². The molecule has 0 aromatic carbocycles. The minimum absolute atomic E-state index is 0.181. The molecule has 3 fully saturated rings. The van der Waals surface area contributed by atoms with Gasteiger partial charge in [0.1, 0.15) is 5.78 Å². The quantitative estimate of drug-likeness (QED) is 0.774. The number of nitrogens with one attached hydrogen (secondary N) is 1. The molecule has 4 atom stereocenters. The lowest BCUT2D eigenvalue weighted by molar-refractivity contribution is -0.147. The Balaban J connectivity index is 2.12. The third-order valence-corrected chi connectivity index (χ3v) is 6.94. The summed E-state index contributed by atoms with van der Waals surface area (Å²) in [4.78, 5) is 12.5. The molecular formula is C16H27NO. The fraction of sp³-hybridized carbons (Fsp3) is 0.938. The van der Waals surface area contributed by atoms with Gasteiger partial charge in [-0.2, -0.15) is 0 Å². The molecule has 2 nitrogen and oxygen atoms in total. The van der Waals surface area contributed by atoms with E-state index in [1.54, 1.807) is 0 Å². The second-order valence-corrected chi connectivity index (χ2v) is 8.17. The molecule has 3 aliphatic carbocycles. The molecule has 3 aliphatic rings. The highest BCUT2D eigenvalue weighted by molar-refractivity contribution is 5.84. The number of Topliss-reactive ketones (excluding diaryl/α,β-unsaturated/α-hetero) is 1. The van der Waals surface area contributed by atoms with E-state index in [1.807, 2.05) is 0 Å². The first-order valence-corrected chi connectivity index (χ1v) is 7.46. The Morgan fingerprint density at radius 2 is 1.83 bits per heavy atom. The second-order valence-electron chi connectivity index (χ2n) is 8.17. The summed E-state index contributed by atoms with van der Waals surface area (Å²) in [5, 5.41) is 3.52. The van der Waals surface area contributed by atoms with Crippen LogP contribution in [0.1, 0.15) is 53.4 Å². The van der Waals surface area contributed by atoms with Gasteiger partial charge < -0.3 is 5.32 Å². The van der Waals surface area contributed by atoms with Crippen molar-refractivity contribution in [3.05, 3.63) is 0 Å². The Morgan fingerprint density at radius 1 is 1.17 bits per heavy atom. The van der Waals surface area contributed by atoms with Crippen LogP contribution in [0.4, 0.5) is 0 Å². The van der Waals surface area contributed by atoms with Gasteiger partial charge in [0, 0.05) is 18.4 Å². The van der Waals surface area contributed by atoms with Crippen LogP contribution < -0.4 is 5.32 Å². The van der Waals surface area contributed by atoms with Gasteiger partial charge in [-0.25, -0.2) is 0 Å². The van der Waals surface area contributed by atoms with E-state index in [2.05, 4.69) is 40.1 Å². The van der Waals surface area contributed by atoms with Crippen LogP contribution in [0.5, 0.6) is 0 Å². The van der Waals surface area contributed by atoms with E-state index in [0.717, 1.165) is 12.8 Å². The Hall–Kier alpha value is -0.370. The molecule has 0 heterocycles. The first-order valence-electron chi connectivity index (χ1n) is 7.46. The fourth-order valence-corrected chi connectivity index (χ4v) is 5.89. The predicted molar refractivity (Wildman–Crippen MR) is 73.3 cm³/mol. The summed E-state index contributed by atoms with van der Waals surface area (Å²) in [6.07, 6.45) is 4.36. The summed E-state index contributed by atoms with van der Waals surface area (Å²) >= 11 is 0. The van der Waals surface area contributed by atoms with Crippen LogP contribution in [0.15, 0.2) is 0 Å². The minimum atomic E-state index is 0.181. The Morgan fingerprint density at radius 3 is 2.44 bits per heavy atom. The first kappa shape index (κ1) is 12.7. The maximum absolute atomic E-state index is 12.5. The molecule has 1 N–H and O–H groups in total. The largest absolute Gasteiger partial charge is 0.317 e. The third kappa shape index (κ3) is 1.21. The van der Waals surface area contributed by atoms with Crippen molar-refractivity contribution in [2.75, 3.05) is 7.05 Å². The summed E-state index contributed by atoms with van der Waals surface area (Å²) < 4.78 is 0. The lowest BCUT2D eigenvalue weighted by atomic mass is 9.48. The van der Waals surface area contributed by atoms with Gasteiger partial charge in [0.05, 0.1) is 0 Å². The van der Waals surface area contributed by atoms with Gasteiger partial charge in [0.2, 0.25) is 0 Å². The summed E-state index contributed by atoms with van der Waals surface area (Å²) in [6, 6.07) is 0.612. The zero-order valence-corrected chi connectivity index (χ0v) is 12.5. The second kappa shape index (κ2) is 3.39. The SMILES string of the molecule is CNC1C[C@]23C[C@H]1C(C)(C)C2C(=O)CCC3(C)C. The van der Waals surface area contributed by atoms with Gasteiger partial charge >= 0.3 is 0 Å². The average molecular weight is 249 g/mol. The van der Waals surface area contributed by atoms with Gasteiger partial charge in [-0.05, 0) is 48.5 Å². The number of hydrogen-bond donors (Lipinski definition) is 1. The number of carbonyl (C=O) groups is 1. The Labute approximate surface area is 111 Å². The zero-order chi connectivity index (χ0) is 13.3. The van der Waals surface area contributed by atoms with E-state index < -0.39 is 0 Å². The number of carbonyl (C=O) groups excluding carboxylic acids is 1. The Bertz CT molecular complexity index is 398. The topological polar surface area (TPSA) is 29.1 Å². The zero-order valence-electron chi connectivity index (χ0n) is 12.5. The standard InChI is InChI=1S/C16H27NO/c1-14(2)7-6-12(18)13-15(3,4)10-8-16(13,14)9-11(10)17-5/h10-11,13,17H,6-9H2,1-5H3/t10-,11?,13?,16-/m1/s1. The number of rotatable bonds is 1. The highest BCUT2D eigenvalue weighted by Gasteiger charge is 2.72.